The quantitative estimate of drug-likeness (QED) is 0.458. The third-order valence-corrected chi connectivity index (χ3v) is 4.93. The van der Waals surface area contributed by atoms with Crippen molar-refractivity contribution < 1.29 is 19.4 Å². The van der Waals surface area contributed by atoms with Gasteiger partial charge in [0.2, 0.25) is 5.54 Å². The number of amides is 3. The molecule has 1 aromatic heterocycles. The third-order valence-electron chi connectivity index (χ3n) is 4.68. The second kappa shape index (κ2) is 7.08. The Hall–Kier alpha value is -3.63. The molecule has 29 heavy (non-hydrogen) atoms. The number of aromatic nitrogens is 1. The predicted octanol–water partition coefficient (Wildman–Crippen LogP) is 2.64. The summed E-state index contributed by atoms with van der Waals surface area (Å²) in [7, 11) is 1.54. The standard InChI is InChI=1S/C21H16ClN3O4/c1-29-16-7-4-14-11-25(18(26)17(14)10-16)12-21(19(27)23-20(28)24-21)9-8-13-2-5-15(22)6-3-13/h2-7,10-11,26H,12H2,1H3,(H2,23,24,27,28)/t21-/m1/s1. The summed E-state index contributed by atoms with van der Waals surface area (Å²) in [6.45, 7) is -0.0754. The van der Waals surface area contributed by atoms with Crippen LogP contribution < -0.4 is 15.4 Å². The minimum atomic E-state index is -1.53. The van der Waals surface area contributed by atoms with Crippen molar-refractivity contribution in [2.24, 2.45) is 0 Å². The van der Waals surface area contributed by atoms with Crippen LogP contribution in [0.3, 0.4) is 0 Å². The number of nitrogens with zero attached hydrogens (tertiary/aromatic N) is 1. The van der Waals surface area contributed by atoms with Gasteiger partial charge in [0.15, 0.2) is 5.88 Å². The molecule has 0 unspecified atom stereocenters. The minimum Gasteiger partial charge on any atom is -0.497 e. The summed E-state index contributed by atoms with van der Waals surface area (Å²) < 4.78 is 6.67. The van der Waals surface area contributed by atoms with E-state index in [1.54, 1.807) is 48.7 Å². The summed E-state index contributed by atoms with van der Waals surface area (Å²) in [6, 6.07) is 11.4. The van der Waals surface area contributed by atoms with E-state index in [1.807, 2.05) is 0 Å². The van der Waals surface area contributed by atoms with Crippen LogP contribution >= 0.6 is 11.6 Å². The molecule has 4 rings (SSSR count). The second-order valence-electron chi connectivity index (χ2n) is 6.60. The second-order valence-corrected chi connectivity index (χ2v) is 7.04. The van der Waals surface area contributed by atoms with Crippen LogP contribution in [0.15, 0.2) is 48.7 Å². The Bertz CT molecular complexity index is 1190. The molecule has 3 aromatic rings. The molecular weight excluding hydrogens is 394 g/mol. The number of methoxy groups -OCH3 is 1. The Kier molecular flexibility index (Phi) is 4.57. The van der Waals surface area contributed by atoms with Gasteiger partial charge in [-0.3, -0.25) is 10.1 Å². The summed E-state index contributed by atoms with van der Waals surface area (Å²) >= 11 is 5.88. The molecule has 1 aliphatic rings. The summed E-state index contributed by atoms with van der Waals surface area (Å²) in [6.07, 6.45) is 1.69. The number of fused-ring (bicyclic) bond motifs is 1. The smallest absolute Gasteiger partial charge is 0.323 e. The first-order valence-electron chi connectivity index (χ1n) is 8.68. The van der Waals surface area contributed by atoms with Crippen LogP contribution in [0, 0.1) is 11.8 Å². The molecule has 0 aliphatic carbocycles. The molecule has 8 heteroatoms. The highest BCUT2D eigenvalue weighted by Crippen LogP contribution is 2.32. The monoisotopic (exact) mass is 409 g/mol. The summed E-state index contributed by atoms with van der Waals surface area (Å²) in [5, 5.41) is 17.3. The van der Waals surface area contributed by atoms with Gasteiger partial charge in [0.25, 0.3) is 5.91 Å². The molecule has 2 heterocycles. The fourth-order valence-corrected chi connectivity index (χ4v) is 3.30. The van der Waals surface area contributed by atoms with Crippen molar-refractivity contribution in [3.63, 3.8) is 0 Å². The molecule has 0 saturated carbocycles. The molecule has 0 spiro atoms. The van der Waals surface area contributed by atoms with Crippen LogP contribution in [0.2, 0.25) is 5.02 Å². The normalized spacial score (nSPS) is 18.1. The lowest BCUT2D eigenvalue weighted by atomic mass is 10.00. The van der Waals surface area contributed by atoms with Crippen LogP contribution in [0.5, 0.6) is 11.6 Å². The van der Waals surface area contributed by atoms with Gasteiger partial charge in [0.1, 0.15) is 5.75 Å². The zero-order valence-corrected chi connectivity index (χ0v) is 16.1. The first-order valence-corrected chi connectivity index (χ1v) is 9.06. The SMILES string of the molecule is COc1ccc2cn(C[C@@]3(C#Cc4ccc(Cl)cc4)NC(=O)NC3=O)c(O)c2c1. The predicted molar refractivity (Wildman–Crippen MR) is 108 cm³/mol. The Labute approximate surface area is 171 Å². The summed E-state index contributed by atoms with van der Waals surface area (Å²) in [5.41, 5.74) is -0.901. The molecule has 146 valence electrons. The molecule has 1 saturated heterocycles. The maximum Gasteiger partial charge on any atom is 0.323 e. The largest absolute Gasteiger partial charge is 0.497 e. The average Bonchev–Trinajstić information content (AvgIpc) is 3.16. The molecule has 2 aromatic carbocycles. The highest BCUT2D eigenvalue weighted by atomic mass is 35.5. The fourth-order valence-electron chi connectivity index (χ4n) is 3.17. The first kappa shape index (κ1) is 18.7. The number of rotatable bonds is 3. The molecular formula is C21H16ClN3O4. The van der Waals surface area contributed by atoms with E-state index in [9.17, 15) is 14.7 Å². The van der Waals surface area contributed by atoms with E-state index in [-0.39, 0.29) is 12.4 Å². The molecule has 1 atom stereocenters. The number of urea groups is 1. The number of ether oxygens (including phenoxy) is 1. The van der Waals surface area contributed by atoms with Crippen LogP contribution in [-0.2, 0) is 11.3 Å². The Morgan fingerprint density at radius 3 is 2.62 bits per heavy atom. The Balaban J connectivity index is 1.75. The van der Waals surface area contributed by atoms with Crippen molar-refractivity contribution >= 4 is 34.3 Å². The van der Waals surface area contributed by atoms with Crippen molar-refractivity contribution in [3.8, 4) is 23.5 Å². The van der Waals surface area contributed by atoms with Crippen molar-refractivity contribution in [2.75, 3.05) is 7.11 Å². The lowest BCUT2D eigenvalue weighted by Gasteiger charge is -2.20. The van der Waals surface area contributed by atoms with E-state index in [0.29, 0.717) is 21.7 Å². The number of imide groups is 1. The number of carbonyl (C=O) groups is 2. The van der Waals surface area contributed by atoms with Gasteiger partial charge < -0.3 is 19.7 Å². The average molecular weight is 410 g/mol. The van der Waals surface area contributed by atoms with E-state index in [1.165, 1.54) is 11.7 Å². The topological polar surface area (TPSA) is 92.6 Å². The van der Waals surface area contributed by atoms with Gasteiger partial charge in [-0.1, -0.05) is 23.4 Å². The first-order chi connectivity index (χ1) is 13.9. The van der Waals surface area contributed by atoms with E-state index >= 15 is 0 Å². The number of benzene rings is 2. The van der Waals surface area contributed by atoms with Gasteiger partial charge in [0.05, 0.1) is 13.7 Å². The number of carbonyl (C=O) groups excluding carboxylic acids is 2. The van der Waals surface area contributed by atoms with Gasteiger partial charge in [-0.15, -0.1) is 0 Å². The lowest BCUT2D eigenvalue weighted by Crippen LogP contribution is -2.49. The molecule has 0 radical (unpaired) electrons. The molecule has 1 aliphatic heterocycles. The molecule has 3 N–H and O–H groups in total. The van der Waals surface area contributed by atoms with Gasteiger partial charge >= 0.3 is 6.03 Å². The summed E-state index contributed by atoms with van der Waals surface area (Å²) in [5.74, 6) is 5.71. The minimum absolute atomic E-state index is 0.0551. The van der Waals surface area contributed by atoms with Gasteiger partial charge in [-0.05, 0) is 42.5 Å². The van der Waals surface area contributed by atoms with E-state index < -0.39 is 17.5 Å². The van der Waals surface area contributed by atoms with Gasteiger partial charge in [-0.2, -0.15) is 0 Å². The third kappa shape index (κ3) is 3.46. The van der Waals surface area contributed by atoms with Crippen molar-refractivity contribution in [1.29, 1.82) is 0 Å². The zero-order chi connectivity index (χ0) is 20.6. The van der Waals surface area contributed by atoms with Crippen LogP contribution in [0.4, 0.5) is 4.79 Å². The van der Waals surface area contributed by atoms with E-state index in [2.05, 4.69) is 22.5 Å². The van der Waals surface area contributed by atoms with Crippen LogP contribution in [-0.4, -0.2) is 34.3 Å². The number of hydrogen-bond donors (Lipinski definition) is 3. The van der Waals surface area contributed by atoms with Crippen molar-refractivity contribution in [3.05, 3.63) is 59.2 Å². The number of nitrogens with one attached hydrogen (secondary N) is 2. The van der Waals surface area contributed by atoms with Crippen molar-refractivity contribution in [2.45, 2.75) is 12.1 Å². The number of halogens is 1. The fraction of sp³-hybridized carbons (Fsp3) is 0.143. The molecule has 1 fully saturated rings. The van der Waals surface area contributed by atoms with E-state index in [4.69, 9.17) is 16.3 Å². The van der Waals surface area contributed by atoms with E-state index in [0.717, 1.165) is 5.39 Å². The number of aromatic hydroxyl groups is 1. The van der Waals surface area contributed by atoms with Crippen molar-refractivity contribution in [1.82, 2.24) is 15.2 Å². The lowest BCUT2D eigenvalue weighted by molar-refractivity contribution is -0.122. The van der Waals surface area contributed by atoms with Crippen LogP contribution in [0.25, 0.3) is 10.8 Å². The number of hydrogen-bond acceptors (Lipinski definition) is 4. The molecule has 3 amide bonds. The maximum atomic E-state index is 12.6. The summed E-state index contributed by atoms with van der Waals surface area (Å²) in [4.78, 5) is 24.4. The Morgan fingerprint density at radius 1 is 1.21 bits per heavy atom. The van der Waals surface area contributed by atoms with Gasteiger partial charge in [-0.25, -0.2) is 4.79 Å². The Morgan fingerprint density at radius 2 is 1.97 bits per heavy atom. The molecule has 0 bridgehead atoms. The van der Waals surface area contributed by atoms with Gasteiger partial charge in [0, 0.05) is 27.6 Å². The van der Waals surface area contributed by atoms with Crippen LogP contribution in [0.1, 0.15) is 5.56 Å². The maximum absolute atomic E-state index is 12.6. The zero-order valence-electron chi connectivity index (χ0n) is 15.3. The highest BCUT2D eigenvalue weighted by molar-refractivity contribution is 6.30. The molecule has 7 nitrogen and oxygen atoms in total. The highest BCUT2D eigenvalue weighted by Gasteiger charge is 2.46.